The number of ether oxygens (including phenoxy) is 1. The highest BCUT2D eigenvalue weighted by Gasteiger charge is 2.16. The maximum Gasteiger partial charge on any atom is 0.251 e. The minimum atomic E-state index is -3.42. The van der Waals surface area contributed by atoms with Gasteiger partial charge in [-0.1, -0.05) is 12.1 Å². The van der Waals surface area contributed by atoms with Crippen LogP contribution in [-0.4, -0.2) is 33.8 Å². The van der Waals surface area contributed by atoms with E-state index in [1.807, 2.05) is 13.0 Å². The molecule has 0 saturated carbocycles. The van der Waals surface area contributed by atoms with E-state index in [9.17, 15) is 13.2 Å². The number of carbonyl (C=O) groups is 1. The number of nitrogens with one attached hydrogen (secondary N) is 1. The molecule has 2 aromatic carbocycles. The van der Waals surface area contributed by atoms with Crippen molar-refractivity contribution in [3.63, 3.8) is 0 Å². The molecule has 1 amide bonds. The molecular weight excluding hydrogens is 352 g/mol. The Morgan fingerprint density at radius 1 is 1.15 bits per heavy atom. The van der Waals surface area contributed by atoms with Crippen LogP contribution in [0.2, 0.25) is 0 Å². The molecule has 26 heavy (non-hydrogen) atoms. The van der Waals surface area contributed by atoms with Crippen LogP contribution in [0.3, 0.4) is 0 Å². The smallest absolute Gasteiger partial charge is 0.251 e. The number of nitriles is 1. The SMILES string of the molecule is COCCS(=O)(=O)c1ccc(C(=O)NC(C)c2ccc(C#N)cc2)cc1. The molecule has 2 rings (SSSR count). The summed E-state index contributed by atoms with van der Waals surface area (Å²) in [6, 6.07) is 14.6. The fraction of sp³-hybridized carbons (Fsp3) is 0.263. The Hall–Kier alpha value is -2.69. The molecule has 6 nitrogen and oxygen atoms in total. The molecule has 2 aromatic rings. The van der Waals surface area contributed by atoms with Crippen molar-refractivity contribution in [3.8, 4) is 6.07 Å². The van der Waals surface area contributed by atoms with E-state index >= 15 is 0 Å². The van der Waals surface area contributed by atoms with E-state index in [1.54, 1.807) is 24.3 Å². The highest BCUT2D eigenvalue weighted by atomic mass is 32.2. The summed E-state index contributed by atoms with van der Waals surface area (Å²) in [4.78, 5) is 12.5. The number of amides is 1. The second-order valence-corrected chi connectivity index (χ2v) is 7.87. The number of methoxy groups -OCH3 is 1. The maximum absolute atomic E-state index is 12.4. The molecule has 0 aliphatic rings. The Morgan fingerprint density at radius 2 is 1.77 bits per heavy atom. The molecule has 7 heteroatoms. The standard InChI is InChI=1S/C19H20N2O4S/c1-14(16-5-3-15(13-20)4-6-16)21-19(22)17-7-9-18(10-8-17)26(23,24)12-11-25-2/h3-10,14H,11-12H2,1-2H3,(H,21,22). The Kier molecular flexibility index (Phi) is 6.50. The Balaban J connectivity index is 2.06. The summed E-state index contributed by atoms with van der Waals surface area (Å²) in [5.74, 6) is -0.409. The number of hydrogen-bond donors (Lipinski definition) is 1. The van der Waals surface area contributed by atoms with E-state index in [0.717, 1.165) is 5.56 Å². The first-order valence-electron chi connectivity index (χ1n) is 8.00. The van der Waals surface area contributed by atoms with Gasteiger partial charge in [-0.3, -0.25) is 4.79 Å². The van der Waals surface area contributed by atoms with Gasteiger partial charge < -0.3 is 10.1 Å². The zero-order valence-corrected chi connectivity index (χ0v) is 15.4. The van der Waals surface area contributed by atoms with E-state index < -0.39 is 9.84 Å². The predicted molar refractivity (Wildman–Crippen MR) is 97.4 cm³/mol. The van der Waals surface area contributed by atoms with E-state index in [2.05, 4.69) is 5.32 Å². The molecule has 0 aliphatic heterocycles. The van der Waals surface area contributed by atoms with Crippen LogP contribution in [0.5, 0.6) is 0 Å². The molecule has 0 aliphatic carbocycles. The van der Waals surface area contributed by atoms with Crippen molar-refractivity contribution < 1.29 is 17.9 Å². The van der Waals surface area contributed by atoms with E-state index in [-0.39, 0.29) is 29.2 Å². The number of sulfone groups is 1. The van der Waals surface area contributed by atoms with Gasteiger partial charge in [0.25, 0.3) is 5.91 Å². The van der Waals surface area contributed by atoms with Crippen LogP contribution in [0.4, 0.5) is 0 Å². The number of nitrogens with zero attached hydrogens (tertiary/aromatic N) is 1. The van der Waals surface area contributed by atoms with Crippen LogP contribution in [0, 0.1) is 11.3 Å². The summed E-state index contributed by atoms with van der Waals surface area (Å²) in [7, 11) is -1.98. The topological polar surface area (TPSA) is 96.3 Å². The lowest BCUT2D eigenvalue weighted by Crippen LogP contribution is -2.26. The number of hydrogen-bond acceptors (Lipinski definition) is 5. The molecule has 1 atom stereocenters. The summed E-state index contributed by atoms with van der Waals surface area (Å²) in [6.07, 6.45) is 0. The molecule has 0 aromatic heterocycles. The van der Waals surface area contributed by atoms with E-state index in [4.69, 9.17) is 10.00 Å². The molecule has 0 saturated heterocycles. The molecule has 0 spiro atoms. The lowest BCUT2D eigenvalue weighted by Gasteiger charge is -2.14. The van der Waals surface area contributed by atoms with Crippen LogP contribution in [-0.2, 0) is 14.6 Å². The Morgan fingerprint density at radius 3 is 2.31 bits per heavy atom. The maximum atomic E-state index is 12.4. The van der Waals surface area contributed by atoms with Crippen LogP contribution >= 0.6 is 0 Å². The minimum Gasteiger partial charge on any atom is -0.384 e. The van der Waals surface area contributed by atoms with Gasteiger partial charge in [0.1, 0.15) is 0 Å². The third-order valence-corrected chi connectivity index (χ3v) is 5.61. The number of rotatable bonds is 7. The van der Waals surface area contributed by atoms with Gasteiger partial charge in [0.15, 0.2) is 9.84 Å². The van der Waals surface area contributed by atoms with Crippen molar-refractivity contribution in [2.45, 2.75) is 17.9 Å². The van der Waals surface area contributed by atoms with Crippen molar-refractivity contribution in [1.29, 1.82) is 5.26 Å². The number of benzene rings is 2. The first-order chi connectivity index (χ1) is 12.4. The van der Waals surface area contributed by atoms with Crippen LogP contribution < -0.4 is 5.32 Å². The zero-order chi connectivity index (χ0) is 19.2. The predicted octanol–water partition coefficient (Wildman–Crippen LogP) is 2.47. The quantitative estimate of drug-likeness (QED) is 0.805. The van der Waals surface area contributed by atoms with Crippen LogP contribution in [0.25, 0.3) is 0 Å². The summed E-state index contributed by atoms with van der Waals surface area (Å²) < 4.78 is 29.0. The number of carbonyl (C=O) groups excluding carboxylic acids is 1. The highest BCUT2D eigenvalue weighted by Crippen LogP contribution is 2.16. The summed E-state index contributed by atoms with van der Waals surface area (Å²) >= 11 is 0. The second-order valence-electron chi connectivity index (χ2n) is 5.77. The van der Waals surface area contributed by atoms with Gasteiger partial charge in [-0.05, 0) is 48.9 Å². The molecule has 1 N–H and O–H groups in total. The monoisotopic (exact) mass is 372 g/mol. The third kappa shape index (κ3) is 4.91. The van der Waals surface area contributed by atoms with Crippen molar-refractivity contribution in [2.75, 3.05) is 19.5 Å². The molecular formula is C19H20N2O4S. The Labute approximate surface area is 153 Å². The largest absolute Gasteiger partial charge is 0.384 e. The van der Waals surface area contributed by atoms with Crippen LogP contribution in [0.15, 0.2) is 53.4 Å². The van der Waals surface area contributed by atoms with E-state index in [0.29, 0.717) is 11.1 Å². The van der Waals surface area contributed by atoms with Gasteiger partial charge in [-0.25, -0.2) is 8.42 Å². The van der Waals surface area contributed by atoms with Crippen molar-refractivity contribution in [1.82, 2.24) is 5.32 Å². The van der Waals surface area contributed by atoms with Crippen LogP contribution in [0.1, 0.15) is 34.5 Å². The summed E-state index contributed by atoms with van der Waals surface area (Å²) in [5, 5.41) is 11.7. The van der Waals surface area contributed by atoms with Gasteiger partial charge >= 0.3 is 0 Å². The normalized spacial score (nSPS) is 12.2. The van der Waals surface area contributed by atoms with Gasteiger partial charge in [0.05, 0.1) is 34.9 Å². The van der Waals surface area contributed by atoms with Gasteiger partial charge in [-0.2, -0.15) is 5.26 Å². The first kappa shape index (κ1) is 19.6. The zero-order valence-electron chi connectivity index (χ0n) is 14.6. The minimum absolute atomic E-state index is 0.106. The first-order valence-corrected chi connectivity index (χ1v) is 9.65. The third-order valence-electron chi connectivity index (χ3n) is 3.92. The fourth-order valence-electron chi connectivity index (χ4n) is 2.33. The molecule has 0 radical (unpaired) electrons. The fourth-order valence-corrected chi connectivity index (χ4v) is 3.51. The average Bonchev–Trinajstić information content (AvgIpc) is 2.66. The molecule has 0 heterocycles. The van der Waals surface area contributed by atoms with Gasteiger partial charge in [-0.15, -0.1) is 0 Å². The lowest BCUT2D eigenvalue weighted by molar-refractivity contribution is 0.0940. The molecule has 0 bridgehead atoms. The van der Waals surface area contributed by atoms with E-state index in [1.165, 1.54) is 31.4 Å². The summed E-state index contributed by atoms with van der Waals surface area (Å²) in [6.45, 7) is 1.95. The average molecular weight is 372 g/mol. The lowest BCUT2D eigenvalue weighted by atomic mass is 10.1. The second kappa shape index (κ2) is 8.61. The molecule has 0 fully saturated rings. The van der Waals surface area contributed by atoms with Gasteiger partial charge in [0.2, 0.25) is 0 Å². The summed E-state index contributed by atoms with van der Waals surface area (Å²) in [5.41, 5.74) is 1.80. The van der Waals surface area contributed by atoms with Crippen molar-refractivity contribution in [3.05, 3.63) is 65.2 Å². The molecule has 1 unspecified atom stereocenters. The molecule has 136 valence electrons. The van der Waals surface area contributed by atoms with Crippen molar-refractivity contribution in [2.24, 2.45) is 0 Å². The van der Waals surface area contributed by atoms with Gasteiger partial charge in [0, 0.05) is 12.7 Å². The highest BCUT2D eigenvalue weighted by molar-refractivity contribution is 7.91. The Bertz CT molecular complexity index is 898. The van der Waals surface area contributed by atoms with Crippen molar-refractivity contribution >= 4 is 15.7 Å².